The third-order valence-corrected chi connectivity index (χ3v) is 1.80. The molecule has 0 bridgehead atoms. The van der Waals surface area contributed by atoms with Gasteiger partial charge in [-0.05, 0) is 19.1 Å². The van der Waals surface area contributed by atoms with Crippen molar-refractivity contribution in [2.24, 2.45) is 0 Å². The lowest BCUT2D eigenvalue weighted by Crippen LogP contribution is -2.37. The van der Waals surface area contributed by atoms with Crippen LogP contribution in [-0.2, 0) is 0 Å². The first-order chi connectivity index (χ1) is 7.20. The molecule has 6 radical (unpaired) electrons. The minimum atomic E-state index is -1.86. The Morgan fingerprint density at radius 1 is 1.44 bits per heavy atom. The van der Waals surface area contributed by atoms with Crippen molar-refractivity contribution in [3.05, 3.63) is 27.4 Å². The monoisotopic (exact) mass is 212 g/mol. The Kier molecular flexibility index (Phi) is 3.31. The molecule has 1 aromatic heterocycles. The predicted octanol–water partition coefficient (Wildman–Crippen LogP) is 0.102. The Labute approximate surface area is 97.0 Å². The summed E-state index contributed by atoms with van der Waals surface area (Å²) in [7, 11) is 15.7. The van der Waals surface area contributed by atoms with Crippen LogP contribution in [0.25, 0.3) is 0 Å². The highest BCUT2D eigenvalue weighted by molar-refractivity contribution is 6.58. The Morgan fingerprint density at radius 2 is 2.00 bits per heavy atom. The van der Waals surface area contributed by atoms with Gasteiger partial charge in [0, 0.05) is 11.6 Å². The summed E-state index contributed by atoms with van der Waals surface area (Å²) in [5.74, 6) is 0.0492. The van der Waals surface area contributed by atoms with Gasteiger partial charge >= 0.3 is 0 Å². The fourth-order valence-corrected chi connectivity index (χ4v) is 1.30. The van der Waals surface area contributed by atoms with Crippen LogP contribution in [0.5, 0.6) is 5.88 Å². The fraction of sp³-hybridized carbons (Fsp3) is 0.375. The highest BCUT2D eigenvalue weighted by atomic mass is 16.6. The maximum atomic E-state index is 10.7. The van der Waals surface area contributed by atoms with E-state index in [0.29, 0.717) is 5.56 Å². The molecule has 0 saturated heterocycles. The number of nitrogens with zero attached hydrogens (tertiary/aromatic N) is 2. The second-order valence-electron chi connectivity index (χ2n) is 3.42. The van der Waals surface area contributed by atoms with Crippen molar-refractivity contribution < 1.29 is 9.66 Å². The first-order valence-corrected chi connectivity index (χ1v) is 4.39. The van der Waals surface area contributed by atoms with Crippen molar-refractivity contribution in [1.29, 1.82) is 0 Å². The number of hydrogen-bond acceptors (Lipinski definition) is 4. The molecule has 1 heterocycles. The smallest absolute Gasteiger partial charge is 0.293 e. The zero-order valence-corrected chi connectivity index (χ0v) is 8.93. The summed E-state index contributed by atoms with van der Waals surface area (Å²) in [5, 5.41) is 8.83. The standard InChI is InChI=1S/C8H7B3N2O3/c1-4-3-6(16-8(9,10)11)12-5(2)7(4)13(14)15/h3H,1-2H3. The van der Waals surface area contributed by atoms with E-state index in [2.05, 4.69) is 4.98 Å². The molecular formula is C8H7B3N2O3. The molecule has 0 aliphatic rings. The van der Waals surface area contributed by atoms with Crippen LogP contribution in [0.2, 0.25) is 0 Å². The largest absolute Gasteiger partial charge is 0.501 e. The average Bonchev–Trinajstić information content (AvgIpc) is 1.96. The van der Waals surface area contributed by atoms with E-state index in [-0.39, 0.29) is 17.3 Å². The molecule has 0 aromatic carbocycles. The van der Waals surface area contributed by atoms with Gasteiger partial charge in [0.2, 0.25) is 5.88 Å². The zero-order valence-electron chi connectivity index (χ0n) is 8.93. The van der Waals surface area contributed by atoms with E-state index in [4.69, 9.17) is 28.3 Å². The van der Waals surface area contributed by atoms with Gasteiger partial charge in [-0.2, -0.15) is 0 Å². The van der Waals surface area contributed by atoms with E-state index in [1.807, 2.05) is 0 Å². The molecule has 0 aliphatic carbocycles. The Morgan fingerprint density at radius 3 is 2.38 bits per heavy atom. The third kappa shape index (κ3) is 3.02. The van der Waals surface area contributed by atoms with Crippen LogP contribution in [-0.4, -0.2) is 38.7 Å². The molecule has 76 valence electrons. The fourth-order valence-electron chi connectivity index (χ4n) is 1.30. The SMILES string of the molecule is [B]C([B])([B])Oc1cc(C)c([N+](=O)[O-])c(C)n1. The summed E-state index contributed by atoms with van der Waals surface area (Å²) in [6, 6.07) is 1.35. The second-order valence-corrected chi connectivity index (χ2v) is 3.42. The number of ether oxygens (including phenoxy) is 1. The van der Waals surface area contributed by atoms with Gasteiger partial charge in [-0.25, -0.2) is 4.98 Å². The zero-order chi connectivity index (χ0) is 12.5. The summed E-state index contributed by atoms with van der Waals surface area (Å²) in [4.78, 5) is 14.0. The average molecular weight is 212 g/mol. The molecule has 0 amide bonds. The van der Waals surface area contributed by atoms with Gasteiger partial charge in [0.15, 0.2) is 0 Å². The summed E-state index contributed by atoms with van der Waals surface area (Å²) < 4.78 is 4.90. The number of aromatic nitrogens is 1. The molecule has 0 N–H and O–H groups in total. The van der Waals surface area contributed by atoms with Crippen molar-refractivity contribution in [1.82, 2.24) is 4.98 Å². The molecule has 1 aromatic rings. The van der Waals surface area contributed by atoms with Crippen molar-refractivity contribution in [3.8, 4) is 5.88 Å². The molecule has 0 unspecified atom stereocenters. The summed E-state index contributed by atoms with van der Waals surface area (Å²) in [6.07, 6.45) is 0. The van der Waals surface area contributed by atoms with Crippen molar-refractivity contribution in [2.75, 3.05) is 0 Å². The van der Waals surface area contributed by atoms with Crippen LogP contribution in [0, 0.1) is 24.0 Å². The quantitative estimate of drug-likeness (QED) is 0.404. The lowest BCUT2D eigenvalue weighted by atomic mass is 9.52. The van der Waals surface area contributed by atoms with E-state index in [0.717, 1.165) is 0 Å². The van der Waals surface area contributed by atoms with Crippen LogP contribution in [0.1, 0.15) is 11.3 Å². The summed E-state index contributed by atoms with van der Waals surface area (Å²) in [5.41, 5.74) is 0.546. The highest BCUT2D eigenvalue weighted by Crippen LogP contribution is 2.25. The maximum Gasteiger partial charge on any atom is 0.293 e. The number of rotatable bonds is 3. The van der Waals surface area contributed by atoms with Crippen LogP contribution >= 0.6 is 0 Å². The second kappa shape index (κ2) is 4.19. The minimum Gasteiger partial charge on any atom is -0.501 e. The molecule has 0 spiro atoms. The minimum absolute atomic E-state index is 0.0492. The Balaban J connectivity index is 3.15. The molecule has 0 atom stereocenters. The van der Waals surface area contributed by atoms with Gasteiger partial charge < -0.3 is 4.74 Å². The van der Waals surface area contributed by atoms with Crippen LogP contribution in [0.3, 0.4) is 0 Å². The third-order valence-electron chi connectivity index (χ3n) is 1.80. The number of nitro groups is 1. The van der Waals surface area contributed by atoms with Crippen molar-refractivity contribution >= 4 is 29.2 Å². The van der Waals surface area contributed by atoms with Gasteiger partial charge in [0.25, 0.3) is 5.69 Å². The number of aryl methyl sites for hydroxylation is 2. The van der Waals surface area contributed by atoms with E-state index in [1.165, 1.54) is 13.0 Å². The van der Waals surface area contributed by atoms with Crippen LogP contribution in [0.4, 0.5) is 5.69 Å². The van der Waals surface area contributed by atoms with Gasteiger partial charge in [0.05, 0.1) is 4.92 Å². The molecular weight excluding hydrogens is 205 g/mol. The molecule has 16 heavy (non-hydrogen) atoms. The normalized spacial score (nSPS) is 11.1. The maximum absolute atomic E-state index is 10.7. The first kappa shape index (κ1) is 12.6. The van der Waals surface area contributed by atoms with Crippen molar-refractivity contribution in [2.45, 2.75) is 19.1 Å². The molecule has 1 rings (SSSR count). The molecule has 0 aliphatic heterocycles. The van der Waals surface area contributed by atoms with Crippen molar-refractivity contribution in [3.63, 3.8) is 0 Å². The van der Waals surface area contributed by atoms with Gasteiger partial charge in [-0.3, -0.25) is 10.1 Å². The first-order valence-electron chi connectivity index (χ1n) is 4.39. The predicted molar refractivity (Wildman–Crippen MR) is 61.0 cm³/mol. The van der Waals surface area contributed by atoms with Crippen LogP contribution in [0.15, 0.2) is 6.07 Å². The van der Waals surface area contributed by atoms with Gasteiger partial charge in [-0.15, -0.1) is 0 Å². The lowest BCUT2D eigenvalue weighted by molar-refractivity contribution is -0.386. The number of pyridine rings is 1. The molecule has 0 fully saturated rings. The van der Waals surface area contributed by atoms with E-state index in [9.17, 15) is 10.1 Å². The topological polar surface area (TPSA) is 65.3 Å². The summed E-state index contributed by atoms with van der Waals surface area (Å²) >= 11 is 0. The number of hydrogen-bond donors (Lipinski definition) is 0. The Bertz CT molecular complexity index is 408. The molecule has 0 saturated carbocycles. The van der Waals surface area contributed by atoms with Gasteiger partial charge in [0.1, 0.15) is 29.2 Å². The Hall–Kier alpha value is -1.46. The van der Waals surface area contributed by atoms with Crippen LogP contribution < -0.4 is 4.74 Å². The highest BCUT2D eigenvalue weighted by Gasteiger charge is 2.19. The van der Waals surface area contributed by atoms with E-state index >= 15 is 0 Å². The summed E-state index contributed by atoms with van der Waals surface area (Å²) in [6.45, 7) is 3.05. The lowest BCUT2D eigenvalue weighted by Gasteiger charge is -2.22. The molecule has 8 heteroatoms. The van der Waals surface area contributed by atoms with Gasteiger partial charge in [-0.1, -0.05) is 0 Å². The molecule has 5 nitrogen and oxygen atoms in total. The van der Waals surface area contributed by atoms with E-state index in [1.54, 1.807) is 6.92 Å². The van der Waals surface area contributed by atoms with E-state index < -0.39 is 10.2 Å².